The topological polar surface area (TPSA) is 54.9 Å². The highest BCUT2D eigenvalue weighted by atomic mass is 32.2. The molecule has 0 radical (unpaired) electrons. The number of nitrogens with zero attached hydrogens (tertiary/aromatic N) is 2. The third kappa shape index (κ3) is 5.95. The molecule has 2 aromatic rings. The van der Waals surface area contributed by atoms with Gasteiger partial charge in [0.1, 0.15) is 0 Å². The highest BCUT2D eigenvalue weighted by Gasteiger charge is 2.17. The Kier molecular flexibility index (Phi) is 7.55. The number of anilines is 1. The molecule has 0 aliphatic heterocycles. The smallest absolute Gasteiger partial charge is 0.229 e. The standard InChI is InChI=1S/C17H23N3OS2/c1-3-5-11-14(4-2)15(21)18-16-19-20-17(23-16)22-12-13-9-7-6-8-10-13/h6-10,14H,3-5,11-12H2,1-2H3,(H,18,19,21)/t14-/m0/s1. The van der Waals surface area contributed by atoms with Gasteiger partial charge in [-0.15, -0.1) is 10.2 Å². The first-order chi connectivity index (χ1) is 11.2. The molecule has 0 unspecified atom stereocenters. The van der Waals surface area contributed by atoms with Gasteiger partial charge in [0.05, 0.1) is 0 Å². The van der Waals surface area contributed by atoms with Crippen LogP contribution in [0.5, 0.6) is 0 Å². The van der Waals surface area contributed by atoms with Crippen molar-refractivity contribution in [3.8, 4) is 0 Å². The molecule has 0 fully saturated rings. The first-order valence-corrected chi connectivity index (χ1v) is 9.84. The zero-order chi connectivity index (χ0) is 16.5. The fourth-order valence-corrected chi connectivity index (χ4v) is 3.93. The van der Waals surface area contributed by atoms with Gasteiger partial charge in [0, 0.05) is 11.7 Å². The quantitative estimate of drug-likeness (QED) is 0.512. The van der Waals surface area contributed by atoms with Gasteiger partial charge < -0.3 is 5.32 Å². The van der Waals surface area contributed by atoms with E-state index in [9.17, 15) is 4.79 Å². The van der Waals surface area contributed by atoms with Crippen molar-refractivity contribution in [2.75, 3.05) is 5.32 Å². The van der Waals surface area contributed by atoms with E-state index in [4.69, 9.17) is 0 Å². The van der Waals surface area contributed by atoms with Crippen LogP contribution < -0.4 is 5.32 Å². The van der Waals surface area contributed by atoms with Crippen LogP contribution in [-0.4, -0.2) is 16.1 Å². The lowest BCUT2D eigenvalue weighted by molar-refractivity contribution is -0.120. The molecule has 0 spiro atoms. The van der Waals surface area contributed by atoms with Gasteiger partial charge in [0.2, 0.25) is 11.0 Å². The molecule has 0 aliphatic carbocycles. The molecule has 1 amide bonds. The number of aromatic nitrogens is 2. The number of carbonyl (C=O) groups is 1. The summed E-state index contributed by atoms with van der Waals surface area (Å²) < 4.78 is 0.880. The zero-order valence-corrected chi connectivity index (χ0v) is 15.3. The number of amides is 1. The summed E-state index contributed by atoms with van der Waals surface area (Å²) in [5.41, 5.74) is 1.25. The summed E-state index contributed by atoms with van der Waals surface area (Å²) in [6, 6.07) is 10.3. The molecule has 0 bridgehead atoms. The minimum Gasteiger partial charge on any atom is -0.300 e. The SMILES string of the molecule is CCCC[C@H](CC)C(=O)Nc1nnc(SCc2ccccc2)s1. The molecule has 6 heteroatoms. The van der Waals surface area contributed by atoms with Crippen molar-refractivity contribution in [3.63, 3.8) is 0 Å². The van der Waals surface area contributed by atoms with Gasteiger partial charge >= 0.3 is 0 Å². The number of unbranched alkanes of at least 4 members (excludes halogenated alkanes) is 1. The van der Waals surface area contributed by atoms with Crippen LogP contribution in [0.3, 0.4) is 0 Å². The molecule has 1 atom stereocenters. The number of hydrogen-bond donors (Lipinski definition) is 1. The van der Waals surface area contributed by atoms with Crippen LogP contribution in [0.25, 0.3) is 0 Å². The van der Waals surface area contributed by atoms with Gasteiger partial charge in [-0.3, -0.25) is 4.79 Å². The highest BCUT2D eigenvalue weighted by molar-refractivity contribution is 8.00. The molecule has 1 aromatic heterocycles. The Hall–Kier alpha value is -1.40. The van der Waals surface area contributed by atoms with Gasteiger partial charge in [0.25, 0.3) is 0 Å². The maximum atomic E-state index is 12.3. The van der Waals surface area contributed by atoms with Crippen LogP contribution in [0.4, 0.5) is 5.13 Å². The summed E-state index contributed by atoms with van der Waals surface area (Å²) in [7, 11) is 0. The fraction of sp³-hybridized carbons (Fsp3) is 0.471. The molecular weight excluding hydrogens is 326 g/mol. The lowest BCUT2D eigenvalue weighted by Crippen LogP contribution is -2.22. The van der Waals surface area contributed by atoms with Gasteiger partial charge in [-0.1, -0.05) is 80.1 Å². The van der Waals surface area contributed by atoms with E-state index in [1.807, 2.05) is 18.2 Å². The van der Waals surface area contributed by atoms with Gasteiger partial charge in [0.15, 0.2) is 4.34 Å². The number of thioether (sulfide) groups is 1. The Morgan fingerprint density at radius 1 is 1.26 bits per heavy atom. The minimum atomic E-state index is 0.0664. The van der Waals surface area contributed by atoms with Crippen LogP contribution in [0.2, 0.25) is 0 Å². The van der Waals surface area contributed by atoms with Gasteiger partial charge in [-0.2, -0.15) is 0 Å². The first kappa shape index (κ1) is 17.9. The maximum absolute atomic E-state index is 12.3. The summed E-state index contributed by atoms with van der Waals surface area (Å²) >= 11 is 3.08. The summed E-state index contributed by atoms with van der Waals surface area (Å²) in [5, 5.41) is 11.7. The van der Waals surface area contributed by atoms with Crippen molar-refractivity contribution in [3.05, 3.63) is 35.9 Å². The van der Waals surface area contributed by atoms with E-state index in [0.717, 1.165) is 35.8 Å². The van der Waals surface area contributed by atoms with Crippen LogP contribution in [-0.2, 0) is 10.5 Å². The predicted octanol–water partition coefficient (Wildman–Crippen LogP) is 4.99. The number of carbonyl (C=O) groups excluding carboxylic acids is 1. The summed E-state index contributed by atoms with van der Waals surface area (Å²) in [4.78, 5) is 12.3. The third-order valence-electron chi connectivity index (χ3n) is 3.61. The summed E-state index contributed by atoms with van der Waals surface area (Å²) in [5.74, 6) is 0.994. The Bertz CT molecular complexity index is 601. The van der Waals surface area contributed by atoms with Crippen molar-refractivity contribution in [1.82, 2.24) is 10.2 Å². The zero-order valence-electron chi connectivity index (χ0n) is 13.6. The average molecular weight is 350 g/mol. The third-order valence-corrected chi connectivity index (χ3v) is 5.65. The van der Waals surface area contributed by atoms with E-state index in [2.05, 4.69) is 41.5 Å². The second-order valence-electron chi connectivity index (χ2n) is 5.38. The molecule has 1 N–H and O–H groups in total. The summed E-state index contributed by atoms with van der Waals surface area (Å²) in [6.45, 7) is 4.20. The second kappa shape index (κ2) is 9.67. The van der Waals surface area contributed by atoms with Crippen molar-refractivity contribution < 1.29 is 4.79 Å². The van der Waals surface area contributed by atoms with Crippen molar-refractivity contribution in [2.24, 2.45) is 5.92 Å². The van der Waals surface area contributed by atoms with E-state index >= 15 is 0 Å². The van der Waals surface area contributed by atoms with Gasteiger partial charge in [-0.25, -0.2) is 0 Å². The van der Waals surface area contributed by atoms with Gasteiger partial charge in [-0.05, 0) is 18.4 Å². The minimum absolute atomic E-state index is 0.0664. The lowest BCUT2D eigenvalue weighted by atomic mass is 9.99. The van der Waals surface area contributed by atoms with E-state index in [1.54, 1.807) is 11.8 Å². The molecular formula is C17H23N3OS2. The number of hydrogen-bond acceptors (Lipinski definition) is 5. The Morgan fingerprint density at radius 3 is 2.74 bits per heavy atom. The number of nitrogens with one attached hydrogen (secondary N) is 1. The molecule has 124 valence electrons. The monoisotopic (exact) mass is 349 g/mol. The molecule has 4 nitrogen and oxygen atoms in total. The normalized spacial score (nSPS) is 12.1. The van der Waals surface area contributed by atoms with Crippen LogP contribution in [0.1, 0.15) is 45.1 Å². The molecule has 1 heterocycles. The highest BCUT2D eigenvalue weighted by Crippen LogP contribution is 2.28. The Labute approximate surface area is 146 Å². The van der Waals surface area contributed by atoms with Crippen molar-refractivity contribution in [1.29, 1.82) is 0 Å². The lowest BCUT2D eigenvalue weighted by Gasteiger charge is -2.12. The average Bonchev–Trinajstić information content (AvgIpc) is 3.02. The van der Waals surface area contributed by atoms with Crippen molar-refractivity contribution >= 4 is 34.1 Å². The predicted molar refractivity (Wildman–Crippen MR) is 97.8 cm³/mol. The van der Waals surface area contributed by atoms with E-state index in [1.165, 1.54) is 16.9 Å². The molecule has 1 aromatic carbocycles. The summed E-state index contributed by atoms with van der Waals surface area (Å²) in [6.07, 6.45) is 4.00. The van der Waals surface area contributed by atoms with Crippen molar-refractivity contribution in [2.45, 2.75) is 49.6 Å². The molecule has 2 rings (SSSR count). The van der Waals surface area contributed by atoms with Crippen LogP contribution in [0.15, 0.2) is 34.7 Å². The molecule has 0 aliphatic rings. The Morgan fingerprint density at radius 2 is 2.04 bits per heavy atom. The fourth-order valence-electron chi connectivity index (χ4n) is 2.22. The van der Waals surface area contributed by atoms with Crippen LogP contribution in [0, 0.1) is 5.92 Å². The molecule has 0 saturated carbocycles. The second-order valence-corrected chi connectivity index (χ2v) is 7.58. The Balaban J connectivity index is 1.85. The van der Waals surface area contributed by atoms with E-state index in [0.29, 0.717) is 5.13 Å². The molecule has 23 heavy (non-hydrogen) atoms. The number of rotatable bonds is 9. The largest absolute Gasteiger partial charge is 0.300 e. The first-order valence-electron chi connectivity index (χ1n) is 8.04. The van der Waals surface area contributed by atoms with E-state index in [-0.39, 0.29) is 11.8 Å². The molecule has 0 saturated heterocycles. The maximum Gasteiger partial charge on any atom is 0.229 e. The van der Waals surface area contributed by atoms with E-state index < -0.39 is 0 Å². The van der Waals surface area contributed by atoms with Crippen LogP contribution >= 0.6 is 23.1 Å². The number of benzene rings is 1.